The molecule has 0 bridgehead atoms. The Balaban J connectivity index is 0.987. The molecule has 24 N–H and O–H groups in total. The summed E-state index contributed by atoms with van der Waals surface area (Å²) in [7, 11) is 1.70. The summed E-state index contributed by atoms with van der Waals surface area (Å²) in [6, 6.07) is -4.84. The second-order valence-corrected chi connectivity index (χ2v) is 18.4. The molecule has 0 radical (unpaired) electrons. The Morgan fingerprint density at radius 2 is 0.894 bits per heavy atom. The SMILES string of the molecule is CN(CC(=O)NCCCCCCOC1C(CN)OC(OC2C(N)CC(N)C(O)C2O)C(N)C1O)CC(=O)NCCCCCCOC1C(CN)OC(OC2C(N)CC(N)C(O)C2O)C(N)C1O. The smallest absolute Gasteiger partial charge is 0.234 e. The lowest BCUT2D eigenvalue weighted by atomic mass is 9.84. The molecule has 66 heavy (non-hydrogen) atoms. The number of aliphatic hydroxyl groups excluding tert-OH is 6. The van der Waals surface area contributed by atoms with Gasteiger partial charge < -0.3 is 116 Å². The van der Waals surface area contributed by atoms with Gasteiger partial charge in [-0.25, -0.2) is 0 Å². The van der Waals surface area contributed by atoms with E-state index in [1.54, 1.807) is 11.9 Å². The molecular formula is C41H83N11O14. The van der Waals surface area contributed by atoms with Crippen molar-refractivity contribution < 1.29 is 68.6 Å². The number of ether oxygens (including phenoxy) is 6. The molecule has 25 nitrogen and oxygen atoms in total. The van der Waals surface area contributed by atoms with Gasteiger partial charge in [0.1, 0.15) is 61.0 Å². The molecule has 4 aliphatic rings. The predicted molar refractivity (Wildman–Crippen MR) is 238 cm³/mol. The first kappa shape index (κ1) is 56.7. The fourth-order valence-corrected chi connectivity index (χ4v) is 8.88. The Labute approximate surface area is 387 Å². The van der Waals surface area contributed by atoms with E-state index in [9.17, 15) is 40.2 Å². The number of carbonyl (C=O) groups excluding carboxylic acids is 2. The minimum atomic E-state index is -1.36. The van der Waals surface area contributed by atoms with Crippen LogP contribution in [0.4, 0.5) is 0 Å². The largest absolute Gasteiger partial charge is 0.389 e. The molecule has 20 unspecified atom stereocenters. The van der Waals surface area contributed by atoms with Crippen LogP contribution in [0.15, 0.2) is 0 Å². The molecule has 386 valence electrons. The zero-order chi connectivity index (χ0) is 48.7. The van der Waals surface area contributed by atoms with Gasteiger partial charge >= 0.3 is 0 Å². The van der Waals surface area contributed by atoms with E-state index in [2.05, 4.69) is 10.6 Å². The van der Waals surface area contributed by atoms with Crippen LogP contribution in [0.1, 0.15) is 64.2 Å². The monoisotopic (exact) mass is 954 g/mol. The minimum Gasteiger partial charge on any atom is -0.389 e. The molecule has 0 aromatic carbocycles. The van der Waals surface area contributed by atoms with Crippen molar-refractivity contribution in [1.29, 1.82) is 0 Å². The van der Waals surface area contributed by atoms with Crippen molar-refractivity contribution in [3.05, 3.63) is 0 Å². The number of nitrogens with zero attached hydrogens (tertiary/aromatic N) is 1. The minimum absolute atomic E-state index is 0.0101. The Kier molecular flexibility index (Phi) is 24.1. The summed E-state index contributed by atoms with van der Waals surface area (Å²) >= 11 is 0. The van der Waals surface area contributed by atoms with Gasteiger partial charge in [-0.05, 0) is 45.6 Å². The van der Waals surface area contributed by atoms with Gasteiger partial charge in [0.25, 0.3) is 0 Å². The topological polar surface area (TPSA) is 446 Å². The van der Waals surface area contributed by atoms with Crippen molar-refractivity contribution in [2.45, 2.75) is 186 Å². The van der Waals surface area contributed by atoms with Crippen LogP contribution in [0, 0.1) is 0 Å². The van der Waals surface area contributed by atoms with Gasteiger partial charge in [-0.3, -0.25) is 14.5 Å². The van der Waals surface area contributed by atoms with Crippen LogP contribution in [-0.4, -0.2) is 229 Å². The Morgan fingerprint density at radius 1 is 0.530 bits per heavy atom. The van der Waals surface area contributed by atoms with Crippen LogP contribution in [-0.2, 0) is 38.0 Å². The van der Waals surface area contributed by atoms with Crippen LogP contribution in [0.25, 0.3) is 0 Å². The number of carbonyl (C=O) groups is 2. The molecule has 4 fully saturated rings. The van der Waals surface area contributed by atoms with Crippen LogP contribution in [0.3, 0.4) is 0 Å². The van der Waals surface area contributed by atoms with E-state index in [0.717, 1.165) is 38.5 Å². The fraction of sp³-hybridized carbons (Fsp3) is 0.951. The highest BCUT2D eigenvalue weighted by Gasteiger charge is 2.50. The van der Waals surface area contributed by atoms with Crippen LogP contribution >= 0.6 is 0 Å². The van der Waals surface area contributed by atoms with Gasteiger partial charge in [-0.15, -0.1) is 0 Å². The average molecular weight is 954 g/mol. The van der Waals surface area contributed by atoms with Crippen molar-refractivity contribution in [3.63, 3.8) is 0 Å². The lowest BCUT2D eigenvalue weighted by Crippen LogP contribution is -2.67. The number of unbranched alkanes of at least 4 members (excludes halogenated alkanes) is 6. The van der Waals surface area contributed by atoms with Gasteiger partial charge in [0, 0.05) is 63.6 Å². The fourth-order valence-electron chi connectivity index (χ4n) is 8.88. The standard InChI is InChI=1S/C41H83N11O14/c1-52(18-26(53)50-10-6-2-4-8-12-61-38-24(16-42)63-40(28(48)32(38)57)65-36-22(46)14-20(44)30(55)34(36)59)19-27(54)51-11-7-3-5-9-13-62-39-25(17-43)64-41(29(49)33(39)58)66-37-23(47)15-21(45)31(56)35(37)60/h20-25,28-41,55-60H,2-19,42-49H2,1H3,(H,50,53)(H,51,54). The molecule has 0 spiro atoms. The summed E-state index contributed by atoms with van der Waals surface area (Å²) in [6.45, 7) is 1.73. The molecule has 2 aliphatic heterocycles. The molecule has 2 heterocycles. The number of nitrogens with two attached hydrogens (primary N) is 8. The second kappa shape index (κ2) is 28.1. The van der Waals surface area contributed by atoms with Gasteiger partial charge in [-0.2, -0.15) is 0 Å². The number of likely N-dealkylation sites (N-methyl/N-ethyl adjacent to an activating group) is 1. The first-order valence-corrected chi connectivity index (χ1v) is 23.5. The highest BCUT2D eigenvalue weighted by Crippen LogP contribution is 2.30. The normalized spacial score (nSPS) is 39.8. The third-order valence-electron chi connectivity index (χ3n) is 12.9. The molecule has 2 saturated heterocycles. The van der Waals surface area contributed by atoms with Crippen molar-refractivity contribution in [2.24, 2.45) is 45.9 Å². The van der Waals surface area contributed by atoms with Crippen LogP contribution < -0.4 is 56.5 Å². The number of hydrogen-bond acceptors (Lipinski definition) is 23. The highest BCUT2D eigenvalue weighted by molar-refractivity contribution is 5.81. The maximum atomic E-state index is 12.5. The van der Waals surface area contributed by atoms with Crippen molar-refractivity contribution in [2.75, 3.05) is 59.5 Å². The van der Waals surface area contributed by atoms with Gasteiger partial charge in [0.15, 0.2) is 12.6 Å². The number of rotatable bonds is 26. The lowest BCUT2D eigenvalue weighted by molar-refractivity contribution is -0.293. The van der Waals surface area contributed by atoms with E-state index in [-0.39, 0.29) is 50.8 Å². The third-order valence-corrected chi connectivity index (χ3v) is 12.9. The van der Waals surface area contributed by atoms with Gasteiger partial charge in [0.2, 0.25) is 11.8 Å². The van der Waals surface area contributed by atoms with E-state index < -0.39 is 122 Å². The van der Waals surface area contributed by atoms with E-state index >= 15 is 0 Å². The summed E-state index contributed by atoms with van der Waals surface area (Å²) in [5.74, 6) is -0.382. The molecule has 2 saturated carbocycles. The van der Waals surface area contributed by atoms with Crippen LogP contribution in [0.5, 0.6) is 0 Å². The first-order chi connectivity index (χ1) is 31.4. The summed E-state index contributed by atoms with van der Waals surface area (Å²) in [4.78, 5) is 26.6. The second-order valence-electron chi connectivity index (χ2n) is 18.4. The lowest BCUT2D eigenvalue weighted by Gasteiger charge is -2.46. The first-order valence-electron chi connectivity index (χ1n) is 23.5. The Bertz CT molecular complexity index is 1320. The predicted octanol–water partition coefficient (Wildman–Crippen LogP) is -7.88. The zero-order valence-corrected chi connectivity index (χ0v) is 38.3. The molecule has 2 amide bonds. The average Bonchev–Trinajstić information content (AvgIpc) is 3.27. The van der Waals surface area contributed by atoms with Crippen molar-refractivity contribution in [1.82, 2.24) is 15.5 Å². The molecule has 0 aromatic heterocycles. The molecular weight excluding hydrogens is 871 g/mol. The van der Waals surface area contributed by atoms with E-state index in [4.69, 9.17) is 74.3 Å². The Morgan fingerprint density at radius 3 is 1.26 bits per heavy atom. The number of amides is 2. The maximum Gasteiger partial charge on any atom is 0.234 e. The van der Waals surface area contributed by atoms with Gasteiger partial charge in [-0.1, -0.05) is 25.7 Å². The van der Waals surface area contributed by atoms with Crippen LogP contribution in [0.2, 0.25) is 0 Å². The maximum absolute atomic E-state index is 12.5. The van der Waals surface area contributed by atoms with Crippen molar-refractivity contribution in [3.8, 4) is 0 Å². The number of hydrogen-bond donors (Lipinski definition) is 16. The summed E-state index contributed by atoms with van der Waals surface area (Å²) in [6.07, 6.45) is -8.45. The number of aliphatic hydroxyl groups is 6. The molecule has 0 aromatic rings. The van der Waals surface area contributed by atoms with E-state index in [1.807, 2.05) is 0 Å². The summed E-state index contributed by atoms with van der Waals surface area (Å²) in [5.41, 5.74) is 48.2. The van der Waals surface area contributed by atoms with E-state index in [1.165, 1.54) is 0 Å². The molecule has 2 aliphatic carbocycles. The highest BCUT2D eigenvalue weighted by atomic mass is 16.7. The zero-order valence-electron chi connectivity index (χ0n) is 38.3. The quantitative estimate of drug-likeness (QED) is 0.0358. The number of nitrogens with one attached hydrogen (secondary N) is 2. The molecule has 4 rings (SSSR count). The summed E-state index contributed by atoms with van der Waals surface area (Å²) < 4.78 is 35.4. The molecule has 20 atom stereocenters. The van der Waals surface area contributed by atoms with Gasteiger partial charge in [0.05, 0.1) is 37.4 Å². The van der Waals surface area contributed by atoms with Crippen molar-refractivity contribution >= 4 is 11.8 Å². The Hall–Kier alpha value is -1.90. The summed E-state index contributed by atoms with van der Waals surface area (Å²) in [5, 5.41) is 69.0. The third kappa shape index (κ3) is 16.1. The van der Waals surface area contributed by atoms with E-state index in [0.29, 0.717) is 39.1 Å². The molecule has 25 heteroatoms.